The lowest BCUT2D eigenvalue weighted by Crippen LogP contribution is -2.26. The van der Waals surface area contributed by atoms with Crippen LogP contribution in [-0.4, -0.2) is 43.6 Å². The number of carbonyl (C=O) groups is 1. The van der Waals surface area contributed by atoms with Gasteiger partial charge in [0.15, 0.2) is 0 Å². The van der Waals surface area contributed by atoms with E-state index in [4.69, 9.17) is 0 Å². The van der Waals surface area contributed by atoms with Crippen molar-refractivity contribution < 1.29 is 13.2 Å². The molecule has 1 saturated heterocycles. The maximum atomic E-state index is 12.9. The third kappa shape index (κ3) is 6.51. The predicted octanol–water partition coefficient (Wildman–Crippen LogP) is 4.51. The van der Waals surface area contributed by atoms with Crippen molar-refractivity contribution in [3.05, 3.63) is 76.2 Å². The van der Waals surface area contributed by atoms with E-state index in [0.29, 0.717) is 23.6 Å². The maximum absolute atomic E-state index is 12.9. The molecule has 1 aliphatic rings. The van der Waals surface area contributed by atoms with Gasteiger partial charge in [0.25, 0.3) is 10.0 Å². The number of carbonyl (C=O) groups excluding carboxylic acids is 1. The van der Waals surface area contributed by atoms with Gasteiger partial charge in [-0.05, 0) is 36.6 Å². The molecule has 0 radical (unpaired) electrons. The van der Waals surface area contributed by atoms with Gasteiger partial charge in [-0.15, -0.1) is 15.7 Å². The Hall–Kier alpha value is -3.04. The van der Waals surface area contributed by atoms with Crippen LogP contribution in [0.3, 0.4) is 0 Å². The number of benzene rings is 2. The number of rotatable bonds is 7. The van der Waals surface area contributed by atoms with Gasteiger partial charge in [-0.3, -0.25) is 4.79 Å². The van der Waals surface area contributed by atoms with Gasteiger partial charge in [-0.1, -0.05) is 42.8 Å². The van der Waals surface area contributed by atoms with Gasteiger partial charge < -0.3 is 10.2 Å². The minimum Gasteiger partial charge on any atom is -0.362 e. The van der Waals surface area contributed by atoms with Gasteiger partial charge in [-0.2, -0.15) is 8.42 Å². The molecule has 7 nitrogen and oxygen atoms in total. The van der Waals surface area contributed by atoms with Gasteiger partial charge in [0, 0.05) is 37.5 Å². The molecule has 178 valence electrons. The van der Waals surface area contributed by atoms with Crippen LogP contribution in [0.1, 0.15) is 41.9 Å². The number of likely N-dealkylation sites (tertiary alicyclic amines) is 1. The first-order valence-electron chi connectivity index (χ1n) is 11.3. The third-order valence-corrected chi connectivity index (χ3v) is 7.81. The van der Waals surface area contributed by atoms with Crippen molar-refractivity contribution in [3.8, 4) is 0 Å². The van der Waals surface area contributed by atoms with E-state index >= 15 is 0 Å². The Labute approximate surface area is 204 Å². The first kappa shape index (κ1) is 24.1. The van der Waals surface area contributed by atoms with Crippen molar-refractivity contribution in [2.45, 2.75) is 43.4 Å². The van der Waals surface area contributed by atoms with Crippen LogP contribution in [0.15, 0.2) is 69.3 Å². The summed E-state index contributed by atoms with van der Waals surface area (Å²) >= 11 is 1.53. The van der Waals surface area contributed by atoms with E-state index in [2.05, 4.69) is 14.7 Å². The summed E-state index contributed by atoms with van der Waals surface area (Å²) < 4.78 is 29.9. The topological polar surface area (TPSA) is 91.7 Å². The second-order valence-corrected chi connectivity index (χ2v) is 10.9. The predicted molar refractivity (Wildman–Crippen MR) is 136 cm³/mol. The lowest BCUT2D eigenvalue weighted by Gasteiger charge is -2.17. The first-order valence-corrected chi connectivity index (χ1v) is 13.6. The lowest BCUT2D eigenvalue weighted by molar-refractivity contribution is -0.115. The quantitative estimate of drug-likeness (QED) is 0.520. The lowest BCUT2D eigenvalue weighted by atomic mass is 10.2. The maximum Gasteiger partial charge on any atom is 0.284 e. The molecule has 2 heterocycles. The largest absolute Gasteiger partial charge is 0.362 e. The van der Waals surface area contributed by atoms with Crippen molar-refractivity contribution in [1.82, 2.24) is 9.88 Å². The standard InChI is InChI=1S/C25H28N4O3S2/c1-29-14-7-3-6-13-23(29)28-34(31,32)22-12-8-11-20(16-22)26-24(30)17-21-18-33-25(27-21)15-19-9-4-2-5-10-19/h2,4-5,8-12,16,18H,3,6-7,13-15,17H2,1H3,(H,26,30)/b28-23+. The molecule has 9 heteroatoms. The summed E-state index contributed by atoms with van der Waals surface area (Å²) in [5.41, 5.74) is 2.28. The number of amidine groups is 1. The van der Waals surface area contributed by atoms with E-state index in [1.54, 1.807) is 12.1 Å². The Morgan fingerprint density at radius 1 is 1.12 bits per heavy atom. The first-order chi connectivity index (χ1) is 16.4. The van der Waals surface area contributed by atoms with Crippen LogP contribution in [0.2, 0.25) is 0 Å². The number of thiazole rings is 1. The summed E-state index contributed by atoms with van der Waals surface area (Å²) in [4.78, 5) is 19.1. The molecule has 0 atom stereocenters. The number of nitrogens with zero attached hydrogens (tertiary/aromatic N) is 3. The Balaban J connectivity index is 1.41. The van der Waals surface area contributed by atoms with Crippen LogP contribution in [0.25, 0.3) is 0 Å². The molecule has 1 aromatic heterocycles. The molecule has 34 heavy (non-hydrogen) atoms. The number of hydrogen-bond acceptors (Lipinski definition) is 5. The molecule has 1 amide bonds. The van der Waals surface area contributed by atoms with Crippen LogP contribution < -0.4 is 5.32 Å². The van der Waals surface area contributed by atoms with Gasteiger partial charge >= 0.3 is 0 Å². The van der Waals surface area contributed by atoms with Crippen LogP contribution in [-0.2, 0) is 27.7 Å². The zero-order valence-electron chi connectivity index (χ0n) is 19.1. The van der Waals surface area contributed by atoms with Crippen LogP contribution in [0, 0.1) is 0 Å². The van der Waals surface area contributed by atoms with E-state index in [1.807, 2.05) is 47.7 Å². The van der Waals surface area contributed by atoms with Crippen molar-refractivity contribution >= 4 is 38.8 Å². The van der Waals surface area contributed by atoms with E-state index in [-0.39, 0.29) is 17.2 Å². The average molecular weight is 497 g/mol. The molecule has 0 bridgehead atoms. The summed E-state index contributed by atoms with van der Waals surface area (Å²) in [5.74, 6) is 0.336. The zero-order chi connectivity index (χ0) is 24.0. The summed E-state index contributed by atoms with van der Waals surface area (Å²) in [6.45, 7) is 0.800. The second-order valence-electron chi connectivity index (χ2n) is 8.36. The molecule has 0 spiro atoms. The van der Waals surface area contributed by atoms with Gasteiger partial charge in [0.1, 0.15) is 5.84 Å². The Morgan fingerprint density at radius 3 is 2.76 bits per heavy atom. The van der Waals surface area contributed by atoms with E-state index < -0.39 is 10.0 Å². The van der Waals surface area contributed by atoms with Crippen molar-refractivity contribution in [3.63, 3.8) is 0 Å². The number of sulfonamides is 1. The number of hydrogen-bond donors (Lipinski definition) is 1. The van der Waals surface area contributed by atoms with Crippen molar-refractivity contribution in [2.24, 2.45) is 4.40 Å². The Morgan fingerprint density at radius 2 is 1.94 bits per heavy atom. The van der Waals surface area contributed by atoms with E-state index in [0.717, 1.165) is 37.2 Å². The fourth-order valence-corrected chi connectivity index (χ4v) is 5.79. The highest BCUT2D eigenvalue weighted by Crippen LogP contribution is 2.21. The van der Waals surface area contributed by atoms with Gasteiger partial charge in [-0.25, -0.2) is 4.98 Å². The number of amides is 1. The monoisotopic (exact) mass is 496 g/mol. The SMILES string of the molecule is CN1CCCCC/C1=N\S(=O)(=O)c1cccc(NC(=O)Cc2csc(Cc3ccccc3)n2)c1. The van der Waals surface area contributed by atoms with Gasteiger partial charge in [0.05, 0.1) is 22.0 Å². The van der Waals surface area contributed by atoms with Crippen molar-refractivity contribution in [1.29, 1.82) is 0 Å². The number of nitrogens with one attached hydrogen (secondary N) is 1. The normalized spacial score (nSPS) is 15.8. The molecule has 1 N–H and O–H groups in total. The van der Waals surface area contributed by atoms with Crippen LogP contribution in [0.5, 0.6) is 0 Å². The van der Waals surface area contributed by atoms with Crippen LogP contribution in [0.4, 0.5) is 5.69 Å². The highest BCUT2D eigenvalue weighted by atomic mass is 32.2. The molecular formula is C25H28N4O3S2. The minimum absolute atomic E-state index is 0.0641. The van der Waals surface area contributed by atoms with Crippen LogP contribution >= 0.6 is 11.3 Å². The fourth-order valence-electron chi connectivity index (χ4n) is 3.82. The summed E-state index contributed by atoms with van der Waals surface area (Å²) in [6, 6.07) is 16.3. The van der Waals surface area contributed by atoms with Gasteiger partial charge in [0.2, 0.25) is 5.91 Å². The zero-order valence-corrected chi connectivity index (χ0v) is 20.7. The molecule has 1 fully saturated rings. The Kier molecular flexibility index (Phi) is 7.74. The Bertz CT molecular complexity index is 1270. The summed E-state index contributed by atoms with van der Waals surface area (Å²) in [5, 5.41) is 5.62. The molecule has 3 aromatic rings. The molecule has 1 aliphatic heterocycles. The number of aromatic nitrogens is 1. The third-order valence-electron chi connectivity index (χ3n) is 5.61. The van der Waals surface area contributed by atoms with E-state index in [1.165, 1.54) is 29.0 Å². The summed E-state index contributed by atoms with van der Waals surface area (Å²) in [7, 11) is -1.99. The molecular weight excluding hydrogens is 468 g/mol. The second kappa shape index (κ2) is 10.9. The number of anilines is 1. The molecule has 0 saturated carbocycles. The minimum atomic E-state index is -3.87. The highest BCUT2D eigenvalue weighted by Gasteiger charge is 2.19. The summed E-state index contributed by atoms with van der Waals surface area (Å²) in [6.07, 6.45) is 4.52. The van der Waals surface area contributed by atoms with Crippen molar-refractivity contribution in [2.75, 3.05) is 18.9 Å². The average Bonchev–Trinajstić information content (AvgIpc) is 3.14. The fraction of sp³-hybridized carbons (Fsp3) is 0.320. The molecule has 0 aliphatic carbocycles. The molecule has 2 aromatic carbocycles. The molecule has 0 unspecified atom stereocenters. The van der Waals surface area contributed by atoms with E-state index in [9.17, 15) is 13.2 Å². The molecule has 4 rings (SSSR count). The smallest absolute Gasteiger partial charge is 0.284 e. The highest BCUT2D eigenvalue weighted by molar-refractivity contribution is 7.90.